The van der Waals surface area contributed by atoms with E-state index < -0.39 is 12.8 Å². The van der Waals surface area contributed by atoms with Gasteiger partial charge in [0.25, 0.3) is 0 Å². The minimum Gasteiger partial charge on any atom is -0.484 e. The first-order chi connectivity index (χ1) is 12.4. The Hall–Kier alpha value is -2.22. The lowest BCUT2D eigenvalue weighted by molar-refractivity contribution is -0.153. The average molecular weight is 385 g/mol. The molecule has 1 heterocycles. The van der Waals surface area contributed by atoms with Gasteiger partial charge >= 0.3 is 6.18 Å². The maximum Gasteiger partial charge on any atom is 0.422 e. The van der Waals surface area contributed by atoms with Crippen molar-refractivity contribution in [1.29, 1.82) is 0 Å². The first kappa shape index (κ1) is 20.1. The van der Waals surface area contributed by atoms with E-state index in [0.29, 0.717) is 18.4 Å². The van der Waals surface area contributed by atoms with Crippen molar-refractivity contribution in [3.8, 4) is 5.75 Å². The van der Waals surface area contributed by atoms with Crippen LogP contribution in [0.4, 0.5) is 13.2 Å². The van der Waals surface area contributed by atoms with Crippen LogP contribution in [0, 0.1) is 0 Å². The minimum absolute atomic E-state index is 0.193. The molecular weight excluding hydrogens is 363 g/mol. The van der Waals surface area contributed by atoms with Crippen molar-refractivity contribution in [2.45, 2.75) is 25.6 Å². The van der Waals surface area contributed by atoms with Crippen molar-refractivity contribution < 1.29 is 17.9 Å². The van der Waals surface area contributed by atoms with Gasteiger partial charge in [-0.1, -0.05) is 25.1 Å². The second-order valence-electron chi connectivity index (χ2n) is 5.77. The highest BCUT2D eigenvalue weighted by molar-refractivity contribution is 7.10. The fourth-order valence-electron chi connectivity index (χ4n) is 2.20. The molecule has 0 amide bonds. The minimum atomic E-state index is -4.33. The van der Waals surface area contributed by atoms with Gasteiger partial charge in [-0.2, -0.15) is 13.2 Å². The summed E-state index contributed by atoms with van der Waals surface area (Å²) in [5, 5.41) is 8.51. The van der Waals surface area contributed by atoms with Crippen LogP contribution in [0.1, 0.15) is 23.3 Å². The Balaban J connectivity index is 1.77. The molecule has 26 heavy (non-hydrogen) atoms. The van der Waals surface area contributed by atoms with Crippen molar-refractivity contribution in [1.82, 2.24) is 10.6 Å². The SMILES string of the molecule is CN=C(NCc1ccc(OCC(F)(F)F)cc1)NCC(C)c1cccs1. The first-order valence-electron chi connectivity index (χ1n) is 8.14. The number of nitrogens with zero attached hydrogens (tertiary/aromatic N) is 1. The number of guanidine groups is 1. The lowest BCUT2D eigenvalue weighted by Crippen LogP contribution is -2.38. The van der Waals surface area contributed by atoms with Crippen LogP contribution in [-0.2, 0) is 6.54 Å². The number of rotatable bonds is 7. The second kappa shape index (κ2) is 9.47. The number of halogens is 3. The molecular formula is C18H22F3N3OS. The second-order valence-corrected chi connectivity index (χ2v) is 6.75. The zero-order chi connectivity index (χ0) is 19.0. The number of nitrogens with one attached hydrogen (secondary N) is 2. The van der Waals surface area contributed by atoms with Gasteiger partial charge in [-0.3, -0.25) is 4.99 Å². The highest BCUT2D eigenvalue weighted by atomic mass is 32.1. The summed E-state index contributed by atoms with van der Waals surface area (Å²) in [5.74, 6) is 1.24. The highest BCUT2D eigenvalue weighted by Gasteiger charge is 2.28. The van der Waals surface area contributed by atoms with Crippen LogP contribution in [0.15, 0.2) is 46.8 Å². The molecule has 0 fully saturated rings. The van der Waals surface area contributed by atoms with Crippen molar-refractivity contribution in [3.05, 3.63) is 52.2 Å². The molecule has 142 valence electrons. The topological polar surface area (TPSA) is 45.7 Å². The molecule has 8 heteroatoms. The predicted molar refractivity (Wildman–Crippen MR) is 98.9 cm³/mol. The average Bonchev–Trinajstić information content (AvgIpc) is 3.15. The lowest BCUT2D eigenvalue weighted by atomic mass is 10.1. The number of thiophene rings is 1. The van der Waals surface area contributed by atoms with Crippen LogP contribution in [0.5, 0.6) is 5.75 Å². The predicted octanol–water partition coefficient (Wildman–Crippen LogP) is 4.16. The molecule has 2 aromatic rings. The first-order valence-corrected chi connectivity index (χ1v) is 9.02. The molecule has 0 aliphatic rings. The molecule has 0 spiro atoms. The van der Waals surface area contributed by atoms with Crippen LogP contribution >= 0.6 is 11.3 Å². The monoisotopic (exact) mass is 385 g/mol. The fourth-order valence-corrected chi connectivity index (χ4v) is 2.98. The third-order valence-electron chi connectivity index (χ3n) is 3.61. The molecule has 2 rings (SSSR count). The van der Waals surface area contributed by atoms with E-state index in [4.69, 9.17) is 4.74 Å². The van der Waals surface area contributed by atoms with Gasteiger partial charge in [0.05, 0.1) is 0 Å². The number of hydrogen-bond donors (Lipinski definition) is 2. The number of aliphatic imine (C=N–C) groups is 1. The molecule has 0 aliphatic heterocycles. The summed E-state index contributed by atoms with van der Waals surface area (Å²) in [6.45, 7) is 2.12. The molecule has 1 atom stereocenters. The Morgan fingerprint density at radius 1 is 1.19 bits per heavy atom. The zero-order valence-corrected chi connectivity index (χ0v) is 15.5. The quantitative estimate of drug-likeness (QED) is 0.556. The van der Waals surface area contributed by atoms with Gasteiger partial charge in [-0.05, 0) is 29.1 Å². The molecule has 2 N–H and O–H groups in total. The van der Waals surface area contributed by atoms with Gasteiger partial charge in [0.1, 0.15) is 5.75 Å². The van der Waals surface area contributed by atoms with Gasteiger partial charge < -0.3 is 15.4 Å². The summed E-state index contributed by atoms with van der Waals surface area (Å²) in [6, 6.07) is 10.6. The van der Waals surface area contributed by atoms with Crippen LogP contribution in [0.25, 0.3) is 0 Å². The Labute approximate surface area is 155 Å². The summed E-state index contributed by atoms with van der Waals surface area (Å²) in [7, 11) is 1.69. The molecule has 1 aromatic carbocycles. The molecule has 4 nitrogen and oxygen atoms in total. The number of hydrogen-bond acceptors (Lipinski definition) is 3. The van der Waals surface area contributed by atoms with Crippen LogP contribution in [0.2, 0.25) is 0 Å². The smallest absolute Gasteiger partial charge is 0.422 e. The Kier molecular flexibility index (Phi) is 7.32. The molecule has 0 aliphatic carbocycles. The van der Waals surface area contributed by atoms with E-state index in [2.05, 4.69) is 34.0 Å². The maximum absolute atomic E-state index is 12.1. The zero-order valence-electron chi connectivity index (χ0n) is 14.6. The third kappa shape index (κ3) is 6.95. The van der Waals surface area contributed by atoms with E-state index in [1.54, 1.807) is 30.5 Å². The number of benzene rings is 1. The summed E-state index contributed by atoms with van der Waals surface area (Å²) in [4.78, 5) is 5.49. The third-order valence-corrected chi connectivity index (χ3v) is 4.72. The standard InChI is InChI=1S/C18H22F3N3OS/c1-13(16-4-3-9-26-16)10-23-17(22-2)24-11-14-5-7-15(8-6-14)25-12-18(19,20)21/h3-9,13H,10-12H2,1-2H3,(H2,22,23,24). The lowest BCUT2D eigenvalue weighted by Gasteiger charge is -2.15. The molecule has 0 saturated carbocycles. The molecule has 1 unspecified atom stereocenters. The van der Waals surface area contributed by atoms with E-state index in [0.717, 1.165) is 12.1 Å². The van der Waals surface area contributed by atoms with Crippen molar-refractivity contribution in [3.63, 3.8) is 0 Å². The molecule has 1 aromatic heterocycles. The molecule has 0 saturated heterocycles. The van der Waals surface area contributed by atoms with E-state index in [-0.39, 0.29) is 5.75 Å². The summed E-state index contributed by atoms with van der Waals surface area (Å²) in [5.41, 5.74) is 0.915. The van der Waals surface area contributed by atoms with Gasteiger partial charge in [0.15, 0.2) is 12.6 Å². The van der Waals surface area contributed by atoms with Crippen molar-refractivity contribution >= 4 is 17.3 Å². The van der Waals surface area contributed by atoms with E-state index in [1.165, 1.54) is 17.0 Å². The van der Waals surface area contributed by atoms with Crippen LogP contribution in [0.3, 0.4) is 0 Å². The fraction of sp³-hybridized carbons (Fsp3) is 0.389. The van der Waals surface area contributed by atoms with Gasteiger partial charge in [0, 0.05) is 30.9 Å². The largest absolute Gasteiger partial charge is 0.484 e. The van der Waals surface area contributed by atoms with E-state index in [9.17, 15) is 13.2 Å². The van der Waals surface area contributed by atoms with Gasteiger partial charge in [-0.15, -0.1) is 11.3 Å². The van der Waals surface area contributed by atoms with Crippen LogP contribution < -0.4 is 15.4 Å². The normalized spacial score (nSPS) is 13.3. The van der Waals surface area contributed by atoms with Gasteiger partial charge in [-0.25, -0.2) is 0 Å². The number of ether oxygens (including phenoxy) is 1. The van der Waals surface area contributed by atoms with Crippen LogP contribution in [-0.4, -0.2) is 32.3 Å². The van der Waals surface area contributed by atoms with Gasteiger partial charge in [0.2, 0.25) is 0 Å². The summed E-state index contributed by atoms with van der Waals surface area (Å²) < 4.78 is 41.1. The van der Waals surface area contributed by atoms with E-state index >= 15 is 0 Å². The van der Waals surface area contributed by atoms with Crippen molar-refractivity contribution in [2.75, 3.05) is 20.2 Å². The molecule has 0 radical (unpaired) electrons. The van der Waals surface area contributed by atoms with Crippen molar-refractivity contribution in [2.24, 2.45) is 4.99 Å². The summed E-state index contributed by atoms with van der Waals surface area (Å²) in [6.07, 6.45) is -4.33. The number of alkyl halides is 3. The Morgan fingerprint density at radius 3 is 2.50 bits per heavy atom. The van der Waals surface area contributed by atoms with E-state index in [1.807, 2.05) is 6.07 Å². The Bertz CT molecular complexity index is 685. The highest BCUT2D eigenvalue weighted by Crippen LogP contribution is 2.20. The molecule has 0 bridgehead atoms. The Morgan fingerprint density at radius 2 is 1.92 bits per heavy atom. The summed E-state index contributed by atoms with van der Waals surface area (Å²) >= 11 is 1.72. The maximum atomic E-state index is 12.1.